The topological polar surface area (TPSA) is 115 Å². The predicted octanol–water partition coefficient (Wildman–Crippen LogP) is 4.29. The molecule has 0 aliphatic carbocycles. The number of aryl methyl sites for hydroxylation is 1. The van der Waals surface area contributed by atoms with Crippen molar-refractivity contribution in [2.75, 3.05) is 0 Å². The van der Waals surface area contributed by atoms with Gasteiger partial charge in [0.1, 0.15) is 17.5 Å². The van der Waals surface area contributed by atoms with Gasteiger partial charge in [-0.2, -0.15) is 5.10 Å². The molecular formula is C26H31FN6O4. The Bertz CT molecular complexity index is 1270. The molecule has 4 heterocycles. The number of nitrogens with zero attached hydrogens (tertiary/aromatic N) is 6. The standard InChI is InChI=1S/C26H31FN6O4/c1-26(2,3)37-25(35)33-17-6-5-7-19(33)23(27)21(11-17)36-22-13-28-24(31-30-22)18-9-8-15(10-20(18)34)16-12-29-32(4)14-16/h8-10,12-14,17,19,21,23,34H,5-7,11H2,1-4H3/t17-,19-,21+,23-/m0/s1. The number of fused-ring (bicyclic) bond motifs is 2. The Morgan fingerprint density at radius 3 is 2.62 bits per heavy atom. The van der Waals surface area contributed by atoms with Crippen LogP contribution < -0.4 is 4.74 Å². The number of aromatic nitrogens is 5. The first-order valence-corrected chi connectivity index (χ1v) is 12.4. The Kier molecular flexibility index (Phi) is 6.47. The van der Waals surface area contributed by atoms with E-state index in [0.717, 1.165) is 24.0 Å². The summed E-state index contributed by atoms with van der Waals surface area (Å²) < 4.78 is 28.6. The summed E-state index contributed by atoms with van der Waals surface area (Å²) in [6.07, 6.45) is 4.78. The molecule has 2 aliphatic heterocycles. The van der Waals surface area contributed by atoms with Crippen molar-refractivity contribution in [1.29, 1.82) is 0 Å². The molecule has 1 amide bonds. The second-order valence-electron chi connectivity index (χ2n) is 10.6. The van der Waals surface area contributed by atoms with E-state index in [0.29, 0.717) is 18.4 Å². The Labute approximate surface area is 214 Å². The molecule has 2 aliphatic rings. The minimum atomic E-state index is -1.39. The Hall–Kier alpha value is -3.76. The Morgan fingerprint density at radius 1 is 1.16 bits per heavy atom. The van der Waals surface area contributed by atoms with Crippen LogP contribution in [0.2, 0.25) is 0 Å². The molecule has 10 nitrogen and oxygen atoms in total. The zero-order valence-corrected chi connectivity index (χ0v) is 21.3. The van der Waals surface area contributed by atoms with E-state index in [1.807, 2.05) is 19.3 Å². The van der Waals surface area contributed by atoms with Crippen LogP contribution in [0.4, 0.5) is 9.18 Å². The van der Waals surface area contributed by atoms with Gasteiger partial charge < -0.3 is 14.6 Å². The van der Waals surface area contributed by atoms with Crippen molar-refractivity contribution in [2.45, 2.75) is 76.4 Å². The van der Waals surface area contributed by atoms with E-state index in [1.165, 1.54) is 6.20 Å². The van der Waals surface area contributed by atoms with Crippen molar-refractivity contribution in [3.05, 3.63) is 36.8 Å². The van der Waals surface area contributed by atoms with Gasteiger partial charge in [0.15, 0.2) is 12.0 Å². The van der Waals surface area contributed by atoms with Gasteiger partial charge in [-0.3, -0.25) is 9.58 Å². The molecule has 2 aromatic heterocycles. The summed E-state index contributed by atoms with van der Waals surface area (Å²) in [5, 5.41) is 22.9. The monoisotopic (exact) mass is 510 g/mol. The van der Waals surface area contributed by atoms with Gasteiger partial charge in [-0.25, -0.2) is 14.2 Å². The number of halogens is 1. The maximum absolute atomic E-state index is 15.5. The average Bonchev–Trinajstić information content (AvgIpc) is 3.28. The Morgan fingerprint density at radius 2 is 1.97 bits per heavy atom. The smallest absolute Gasteiger partial charge is 0.410 e. The van der Waals surface area contributed by atoms with Crippen molar-refractivity contribution in [1.82, 2.24) is 29.9 Å². The van der Waals surface area contributed by atoms with Gasteiger partial charge in [0.05, 0.1) is 24.0 Å². The summed E-state index contributed by atoms with van der Waals surface area (Å²) in [7, 11) is 1.82. The number of piperidine rings is 2. The number of hydrogen-bond donors (Lipinski definition) is 1. The largest absolute Gasteiger partial charge is 0.507 e. The number of hydrogen-bond acceptors (Lipinski definition) is 8. The highest BCUT2D eigenvalue weighted by atomic mass is 19.1. The number of phenolic OH excluding ortho intramolecular Hbond substituents is 1. The van der Waals surface area contributed by atoms with Crippen LogP contribution in [0.15, 0.2) is 36.8 Å². The second kappa shape index (κ2) is 9.60. The van der Waals surface area contributed by atoms with E-state index in [9.17, 15) is 9.90 Å². The van der Waals surface area contributed by atoms with Crippen molar-refractivity contribution in [3.63, 3.8) is 0 Å². The van der Waals surface area contributed by atoms with Crippen LogP contribution in [-0.4, -0.2) is 71.0 Å². The highest BCUT2D eigenvalue weighted by molar-refractivity contribution is 5.72. The van der Waals surface area contributed by atoms with Crippen LogP contribution >= 0.6 is 0 Å². The molecule has 0 unspecified atom stereocenters. The Balaban J connectivity index is 1.28. The van der Waals surface area contributed by atoms with E-state index in [-0.39, 0.29) is 23.5 Å². The molecule has 0 saturated carbocycles. The van der Waals surface area contributed by atoms with Gasteiger partial charge >= 0.3 is 6.09 Å². The lowest BCUT2D eigenvalue weighted by Crippen LogP contribution is -2.63. The average molecular weight is 511 g/mol. The van der Waals surface area contributed by atoms with E-state index in [4.69, 9.17) is 9.47 Å². The SMILES string of the molecule is Cn1cc(-c2ccc(-c3ncc(O[C@@H]4C[C@@H]5CCC[C@@H]([C@@H]4F)N5C(=O)OC(C)(C)C)nn3)c(O)c2)cn1. The number of aromatic hydroxyl groups is 1. The normalized spacial score (nSPS) is 23.5. The molecule has 1 N–H and O–H groups in total. The number of ether oxygens (including phenoxy) is 2. The summed E-state index contributed by atoms with van der Waals surface area (Å²) >= 11 is 0. The molecule has 2 fully saturated rings. The fraction of sp³-hybridized carbons (Fsp3) is 0.500. The third-order valence-electron chi connectivity index (χ3n) is 6.71. The second-order valence-corrected chi connectivity index (χ2v) is 10.6. The van der Waals surface area contributed by atoms with Gasteiger partial charge in [-0.1, -0.05) is 6.07 Å². The minimum absolute atomic E-state index is 0.00276. The lowest BCUT2D eigenvalue weighted by atomic mass is 9.82. The molecule has 2 bridgehead atoms. The van der Waals surface area contributed by atoms with Gasteiger partial charge in [-0.15, -0.1) is 10.2 Å². The molecule has 11 heteroatoms. The first-order chi connectivity index (χ1) is 17.6. The van der Waals surface area contributed by atoms with Gasteiger partial charge in [-0.05, 0) is 57.7 Å². The summed E-state index contributed by atoms with van der Waals surface area (Å²) in [5.41, 5.74) is 1.44. The van der Waals surface area contributed by atoms with E-state index in [2.05, 4.69) is 20.3 Å². The third-order valence-corrected chi connectivity index (χ3v) is 6.71. The van der Waals surface area contributed by atoms with Gasteiger partial charge in [0.25, 0.3) is 5.88 Å². The maximum Gasteiger partial charge on any atom is 0.410 e. The summed E-state index contributed by atoms with van der Waals surface area (Å²) in [6, 6.07) is 4.39. The number of carbonyl (C=O) groups is 1. The van der Waals surface area contributed by atoms with Crippen LogP contribution in [0.1, 0.15) is 46.5 Å². The van der Waals surface area contributed by atoms with Crippen molar-refractivity contribution in [2.24, 2.45) is 7.05 Å². The van der Waals surface area contributed by atoms with E-state index >= 15 is 4.39 Å². The van der Waals surface area contributed by atoms with E-state index in [1.54, 1.807) is 48.7 Å². The molecule has 1 aromatic carbocycles. The lowest BCUT2D eigenvalue weighted by Gasteiger charge is -2.49. The molecule has 2 saturated heterocycles. The molecule has 5 rings (SSSR count). The number of alkyl halides is 1. The number of rotatable bonds is 4. The fourth-order valence-corrected chi connectivity index (χ4v) is 5.08. The van der Waals surface area contributed by atoms with Crippen LogP contribution in [0.25, 0.3) is 22.5 Å². The zero-order chi connectivity index (χ0) is 26.3. The van der Waals surface area contributed by atoms with Crippen LogP contribution in [0, 0.1) is 0 Å². The molecule has 0 radical (unpaired) electrons. The van der Waals surface area contributed by atoms with Crippen LogP contribution in [-0.2, 0) is 11.8 Å². The summed E-state index contributed by atoms with van der Waals surface area (Å²) in [6.45, 7) is 5.40. The number of amides is 1. The third kappa shape index (κ3) is 5.21. The van der Waals surface area contributed by atoms with Crippen molar-refractivity contribution < 1.29 is 23.8 Å². The first-order valence-electron chi connectivity index (χ1n) is 12.4. The quantitative estimate of drug-likeness (QED) is 0.553. The van der Waals surface area contributed by atoms with Crippen molar-refractivity contribution >= 4 is 6.09 Å². The number of phenols is 1. The predicted molar refractivity (Wildman–Crippen MR) is 133 cm³/mol. The van der Waals surface area contributed by atoms with Gasteiger partial charge in [0.2, 0.25) is 0 Å². The molecule has 37 heavy (non-hydrogen) atoms. The highest BCUT2D eigenvalue weighted by Gasteiger charge is 2.50. The number of carbonyl (C=O) groups excluding carboxylic acids is 1. The molecule has 0 spiro atoms. The van der Waals surface area contributed by atoms with Crippen molar-refractivity contribution in [3.8, 4) is 34.1 Å². The summed E-state index contributed by atoms with van der Waals surface area (Å²) in [5.74, 6) is 0.311. The highest BCUT2D eigenvalue weighted by Crippen LogP contribution is 2.38. The maximum atomic E-state index is 15.5. The summed E-state index contributed by atoms with van der Waals surface area (Å²) in [4.78, 5) is 18.6. The minimum Gasteiger partial charge on any atom is -0.507 e. The zero-order valence-electron chi connectivity index (χ0n) is 21.3. The fourth-order valence-electron chi connectivity index (χ4n) is 5.08. The number of benzene rings is 1. The molecule has 3 aromatic rings. The van der Waals surface area contributed by atoms with E-state index < -0.39 is 30.0 Å². The first kappa shape index (κ1) is 24.9. The van der Waals surface area contributed by atoms with Crippen LogP contribution in [0.3, 0.4) is 0 Å². The molecular weight excluding hydrogens is 479 g/mol. The van der Waals surface area contributed by atoms with Crippen LogP contribution in [0.5, 0.6) is 11.6 Å². The van der Waals surface area contributed by atoms with Gasteiger partial charge in [0, 0.05) is 31.3 Å². The lowest BCUT2D eigenvalue weighted by molar-refractivity contribution is -0.0802. The molecule has 4 atom stereocenters. The molecule has 196 valence electrons.